The lowest BCUT2D eigenvalue weighted by molar-refractivity contribution is -0.135. The van der Waals surface area contributed by atoms with Gasteiger partial charge in [-0.15, -0.1) is 0 Å². The van der Waals surface area contributed by atoms with Crippen molar-refractivity contribution in [2.24, 2.45) is 11.7 Å². The van der Waals surface area contributed by atoms with E-state index in [2.05, 4.69) is 5.32 Å². The second kappa shape index (κ2) is 4.61. The number of hydrogen-bond donors (Lipinski definition) is 2. The van der Waals surface area contributed by atoms with Gasteiger partial charge in [-0.1, -0.05) is 0 Å². The minimum Gasteiger partial charge on any atom is -0.352 e. The molecule has 86 valence electrons. The number of likely N-dealkylation sites (N-methyl/N-ethyl adjacent to an activating group) is 1. The summed E-state index contributed by atoms with van der Waals surface area (Å²) in [6, 6.07) is 0.0947. The number of amides is 2. The van der Waals surface area contributed by atoms with Crippen molar-refractivity contribution in [3.8, 4) is 0 Å². The SMILES string of the molecule is CC(C)NC(=O)CN(C)C(=O)C1CC1N. The zero-order valence-corrected chi connectivity index (χ0v) is 9.49. The molecule has 0 bridgehead atoms. The van der Waals surface area contributed by atoms with Crippen molar-refractivity contribution in [2.45, 2.75) is 32.4 Å². The van der Waals surface area contributed by atoms with Crippen molar-refractivity contribution in [3.05, 3.63) is 0 Å². The fourth-order valence-corrected chi connectivity index (χ4v) is 1.44. The molecule has 5 nitrogen and oxygen atoms in total. The van der Waals surface area contributed by atoms with Crippen LogP contribution < -0.4 is 11.1 Å². The number of carbonyl (C=O) groups is 2. The first-order chi connectivity index (χ1) is 6.91. The summed E-state index contributed by atoms with van der Waals surface area (Å²) in [4.78, 5) is 24.4. The molecule has 0 heterocycles. The molecule has 15 heavy (non-hydrogen) atoms. The van der Waals surface area contributed by atoms with E-state index in [-0.39, 0.29) is 36.4 Å². The molecule has 1 saturated carbocycles. The average molecular weight is 213 g/mol. The Kier molecular flexibility index (Phi) is 3.68. The van der Waals surface area contributed by atoms with Crippen molar-refractivity contribution in [1.29, 1.82) is 0 Å². The molecule has 0 aromatic rings. The molecule has 0 saturated heterocycles. The van der Waals surface area contributed by atoms with Gasteiger partial charge in [0.25, 0.3) is 0 Å². The highest BCUT2D eigenvalue weighted by molar-refractivity contribution is 5.87. The van der Waals surface area contributed by atoms with Crippen LogP contribution in [0.25, 0.3) is 0 Å². The number of nitrogens with zero attached hydrogens (tertiary/aromatic N) is 1. The smallest absolute Gasteiger partial charge is 0.239 e. The molecule has 5 heteroatoms. The predicted octanol–water partition coefficient (Wildman–Crippen LogP) is -0.683. The van der Waals surface area contributed by atoms with Gasteiger partial charge in [-0.05, 0) is 20.3 Å². The van der Waals surface area contributed by atoms with E-state index in [0.717, 1.165) is 6.42 Å². The summed E-state index contributed by atoms with van der Waals surface area (Å²) in [5.74, 6) is -0.224. The number of carbonyl (C=O) groups excluding carboxylic acids is 2. The third-order valence-corrected chi connectivity index (χ3v) is 2.36. The van der Waals surface area contributed by atoms with Gasteiger partial charge in [0.15, 0.2) is 0 Å². The molecule has 2 atom stereocenters. The van der Waals surface area contributed by atoms with Gasteiger partial charge in [-0.3, -0.25) is 9.59 Å². The fourth-order valence-electron chi connectivity index (χ4n) is 1.44. The van der Waals surface area contributed by atoms with E-state index in [1.54, 1.807) is 7.05 Å². The fraction of sp³-hybridized carbons (Fsp3) is 0.800. The molecule has 0 aliphatic heterocycles. The molecule has 0 spiro atoms. The van der Waals surface area contributed by atoms with Crippen LogP contribution in [0.2, 0.25) is 0 Å². The van der Waals surface area contributed by atoms with E-state index in [9.17, 15) is 9.59 Å². The number of nitrogens with two attached hydrogens (primary N) is 1. The van der Waals surface area contributed by atoms with E-state index < -0.39 is 0 Å². The van der Waals surface area contributed by atoms with E-state index in [4.69, 9.17) is 5.73 Å². The molecule has 0 aromatic heterocycles. The van der Waals surface area contributed by atoms with E-state index >= 15 is 0 Å². The van der Waals surface area contributed by atoms with Gasteiger partial charge in [-0.2, -0.15) is 0 Å². The first kappa shape index (κ1) is 12.0. The zero-order valence-electron chi connectivity index (χ0n) is 9.49. The molecule has 2 unspecified atom stereocenters. The van der Waals surface area contributed by atoms with Gasteiger partial charge in [0.05, 0.1) is 12.5 Å². The monoisotopic (exact) mass is 213 g/mol. The number of nitrogens with one attached hydrogen (secondary N) is 1. The number of hydrogen-bond acceptors (Lipinski definition) is 3. The summed E-state index contributed by atoms with van der Waals surface area (Å²) < 4.78 is 0. The molecule has 2 amide bonds. The van der Waals surface area contributed by atoms with Crippen molar-refractivity contribution in [2.75, 3.05) is 13.6 Å². The molecule has 3 N–H and O–H groups in total. The Morgan fingerprint density at radius 3 is 2.47 bits per heavy atom. The van der Waals surface area contributed by atoms with Gasteiger partial charge in [0.1, 0.15) is 0 Å². The average Bonchev–Trinajstić information content (AvgIpc) is 2.79. The maximum absolute atomic E-state index is 11.6. The van der Waals surface area contributed by atoms with Crippen LogP contribution in [0.15, 0.2) is 0 Å². The molecular formula is C10H19N3O2. The maximum atomic E-state index is 11.6. The summed E-state index contributed by atoms with van der Waals surface area (Å²) in [5, 5.41) is 2.73. The van der Waals surface area contributed by atoms with Crippen molar-refractivity contribution in [1.82, 2.24) is 10.2 Å². The lowest BCUT2D eigenvalue weighted by Gasteiger charge is -2.17. The Balaban J connectivity index is 2.31. The normalized spacial score (nSPS) is 23.8. The lowest BCUT2D eigenvalue weighted by atomic mass is 10.3. The summed E-state index contributed by atoms with van der Waals surface area (Å²) in [6.45, 7) is 3.88. The van der Waals surface area contributed by atoms with Gasteiger partial charge < -0.3 is 16.0 Å². The summed E-state index contributed by atoms with van der Waals surface area (Å²) in [7, 11) is 1.63. The van der Waals surface area contributed by atoms with Crippen LogP contribution in [0.1, 0.15) is 20.3 Å². The Hall–Kier alpha value is -1.10. The largest absolute Gasteiger partial charge is 0.352 e. The molecule has 0 aromatic carbocycles. The highest BCUT2D eigenvalue weighted by Crippen LogP contribution is 2.29. The molecular weight excluding hydrogens is 194 g/mol. The zero-order chi connectivity index (χ0) is 11.6. The van der Waals surface area contributed by atoms with E-state index in [0.29, 0.717) is 0 Å². The van der Waals surface area contributed by atoms with Crippen molar-refractivity contribution >= 4 is 11.8 Å². The van der Waals surface area contributed by atoms with Crippen LogP contribution in [0.4, 0.5) is 0 Å². The third kappa shape index (κ3) is 3.51. The first-order valence-electron chi connectivity index (χ1n) is 5.21. The molecule has 1 aliphatic carbocycles. The van der Waals surface area contributed by atoms with Crippen LogP contribution in [0.5, 0.6) is 0 Å². The first-order valence-corrected chi connectivity index (χ1v) is 5.21. The lowest BCUT2D eigenvalue weighted by Crippen LogP contribution is -2.41. The Morgan fingerprint density at radius 2 is 2.07 bits per heavy atom. The van der Waals surface area contributed by atoms with Crippen LogP contribution >= 0.6 is 0 Å². The van der Waals surface area contributed by atoms with Crippen molar-refractivity contribution in [3.63, 3.8) is 0 Å². The standard InChI is InChI=1S/C10H19N3O2/c1-6(2)12-9(14)5-13(3)10(15)7-4-8(7)11/h6-8H,4-5,11H2,1-3H3,(H,12,14). The predicted molar refractivity (Wildman–Crippen MR) is 57.0 cm³/mol. The summed E-state index contributed by atoms with van der Waals surface area (Å²) in [6.07, 6.45) is 0.745. The van der Waals surface area contributed by atoms with Gasteiger partial charge in [-0.25, -0.2) is 0 Å². The molecule has 0 radical (unpaired) electrons. The maximum Gasteiger partial charge on any atom is 0.239 e. The van der Waals surface area contributed by atoms with Crippen LogP contribution in [-0.4, -0.2) is 42.4 Å². The van der Waals surface area contributed by atoms with Gasteiger partial charge in [0, 0.05) is 19.1 Å². The summed E-state index contributed by atoms with van der Waals surface area (Å²) >= 11 is 0. The van der Waals surface area contributed by atoms with Crippen LogP contribution in [0, 0.1) is 5.92 Å². The van der Waals surface area contributed by atoms with Gasteiger partial charge in [0.2, 0.25) is 11.8 Å². The molecule has 1 fully saturated rings. The Morgan fingerprint density at radius 1 is 1.53 bits per heavy atom. The Bertz CT molecular complexity index is 265. The quantitative estimate of drug-likeness (QED) is 0.649. The second-order valence-corrected chi connectivity index (χ2v) is 4.42. The van der Waals surface area contributed by atoms with Crippen LogP contribution in [-0.2, 0) is 9.59 Å². The number of rotatable bonds is 4. The highest BCUT2D eigenvalue weighted by Gasteiger charge is 2.41. The highest BCUT2D eigenvalue weighted by atomic mass is 16.2. The Labute approximate surface area is 90.0 Å². The van der Waals surface area contributed by atoms with Crippen LogP contribution in [0.3, 0.4) is 0 Å². The summed E-state index contributed by atoms with van der Waals surface area (Å²) in [5.41, 5.74) is 5.57. The minimum atomic E-state index is -0.130. The molecule has 1 aliphatic rings. The second-order valence-electron chi connectivity index (χ2n) is 4.42. The topological polar surface area (TPSA) is 75.4 Å². The molecule has 1 rings (SSSR count). The minimum absolute atomic E-state index is 0.00638. The van der Waals surface area contributed by atoms with Crippen molar-refractivity contribution < 1.29 is 9.59 Å². The van der Waals surface area contributed by atoms with E-state index in [1.165, 1.54) is 4.90 Å². The third-order valence-electron chi connectivity index (χ3n) is 2.36. The van der Waals surface area contributed by atoms with E-state index in [1.807, 2.05) is 13.8 Å². The van der Waals surface area contributed by atoms with Gasteiger partial charge >= 0.3 is 0 Å².